The van der Waals surface area contributed by atoms with Crippen molar-refractivity contribution in [2.45, 2.75) is 38.6 Å². The van der Waals surface area contributed by atoms with Crippen LogP contribution in [0.3, 0.4) is 0 Å². The van der Waals surface area contributed by atoms with E-state index in [1.54, 1.807) is 0 Å². The molecular formula is C14H21NO. The summed E-state index contributed by atoms with van der Waals surface area (Å²) >= 11 is 0. The van der Waals surface area contributed by atoms with Crippen LogP contribution in [-0.4, -0.2) is 6.61 Å². The minimum atomic E-state index is -0.107. The van der Waals surface area contributed by atoms with Crippen LogP contribution in [0.15, 0.2) is 24.3 Å². The summed E-state index contributed by atoms with van der Waals surface area (Å²) < 4.78 is 5.44. The van der Waals surface area contributed by atoms with Gasteiger partial charge in [0.15, 0.2) is 0 Å². The highest BCUT2D eigenvalue weighted by molar-refractivity contribution is 5.32. The van der Waals surface area contributed by atoms with Gasteiger partial charge in [-0.1, -0.05) is 19.1 Å². The third-order valence-electron chi connectivity index (χ3n) is 3.54. The lowest BCUT2D eigenvalue weighted by molar-refractivity contribution is 0.339. The Labute approximate surface area is 97.8 Å². The van der Waals surface area contributed by atoms with Crippen molar-refractivity contribution in [1.82, 2.24) is 0 Å². The quantitative estimate of drug-likeness (QED) is 0.848. The molecule has 0 bridgehead atoms. The predicted molar refractivity (Wildman–Crippen MR) is 66.5 cm³/mol. The van der Waals surface area contributed by atoms with E-state index < -0.39 is 0 Å². The highest BCUT2D eigenvalue weighted by Gasteiger charge is 2.34. The van der Waals surface area contributed by atoms with Crippen molar-refractivity contribution in [2.75, 3.05) is 6.61 Å². The zero-order valence-corrected chi connectivity index (χ0v) is 10.2. The lowest BCUT2D eigenvalue weighted by Gasteiger charge is -2.24. The van der Waals surface area contributed by atoms with Gasteiger partial charge in [-0.15, -0.1) is 0 Å². The molecular weight excluding hydrogens is 198 g/mol. The number of hydrogen-bond acceptors (Lipinski definition) is 2. The molecule has 1 fully saturated rings. The van der Waals surface area contributed by atoms with Crippen molar-refractivity contribution in [3.63, 3.8) is 0 Å². The number of rotatable bonds is 3. The summed E-state index contributed by atoms with van der Waals surface area (Å²) in [5.74, 6) is 1.68. The summed E-state index contributed by atoms with van der Waals surface area (Å²) in [6.07, 6.45) is 3.44. The smallest absolute Gasteiger partial charge is 0.119 e. The Kier molecular flexibility index (Phi) is 3.20. The lowest BCUT2D eigenvalue weighted by atomic mass is 9.88. The molecule has 1 aromatic carbocycles. The van der Waals surface area contributed by atoms with Crippen molar-refractivity contribution in [2.24, 2.45) is 11.7 Å². The van der Waals surface area contributed by atoms with Crippen LogP contribution in [0.1, 0.15) is 38.7 Å². The third-order valence-corrected chi connectivity index (χ3v) is 3.54. The van der Waals surface area contributed by atoms with Gasteiger partial charge >= 0.3 is 0 Å². The van der Waals surface area contributed by atoms with Crippen LogP contribution in [0.2, 0.25) is 0 Å². The van der Waals surface area contributed by atoms with E-state index >= 15 is 0 Å². The molecule has 2 nitrogen and oxygen atoms in total. The molecule has 0 heterocycles. The van der Waals surface area contributed by atoms with Crippen LogP contribution in [0.5, 0.6) is 5.75 Å². The first-order chi connectivity index (χ1) is 7.64. The molecule has 1 aromatic rings. The second-order valence-corrected chi connectivity index (χ2v) is 4.96. The molecule has 1 aliphatic rings. The first-order valence-electron chi connectivity index (χ1n) is 6.16. The van der Waals surface area contributed by atoms with E-state index in [0.29, 0.717) is 6.61 Å². The SMILES string of the molecule is CCOc1ccc(C2(N)CCC(C)C2)cc1. The Morgan fingerprint density at radius 1 is 1.38 bits per heavy atom. The van der Waals surface area contributed by atoms with Gasteiger partial charge in [-0.3, -0.25) is 0 Å². The summed E-state index contributed by atoms with van der Waals surface area (Å²) in [6.45, 7) is 4.99. The average molecular weight is 219 g/mol. The highest BCUT2D eigenvalue weighted by Crippen LogP contribution is 2.40. The normalized spacial score (nSPS) is 29.3. The summed E-state index contributed by atoms with van der Waals surface area (Å²) in [7, 11) is 0. The Morgan fingerprint density at radius 3 is 2.56 bits per heavy atom. The van der Waals surface area contributed by atoms with Crippen LogP contribution in [0, 0.1) is 5.92 Å². The lowest BCUT2D eigenvalue weighted by Crippen LogP contribution is -2.33. The maximum Gasteiger partial charge on any atom is 0.119 e. The standard InChI is InChI=1S/C14H21NO/c1-3-16-13-6-4-12(5-7-13)14(15)9-8-11(2)10-14/h4-7,11H,3,8-10,15H2,1-2H3. The number of hydrogen-bond donors (Lipinski definition) is 1. The van der Waals surface area contributed by atoms with E-state index in [-0.39, 0.29) is 5.54 Å². The summed E-state index contributed by atoms with van der Waals surface area (Å²) in [5, 5.41) is 0. The van der Waals surface area contributed by atoms with Gasteiger partial charge in [0.05, 0.1) is 6.61 Å². The van der Waals surface area contributed by atoms with Crippen LogP contribution in [0.4, 0.5) is 0 Å². The third kappa shape index (κ3) is 2.22. The largest absolute Gasteiger partial charge is 0.494 e. The number of benzene rings is 1. The van der Waals surface area contributed by atoms with Crippen LogP contribution in [0.25, 0.3) is 0 Å². The molecule has 88 valence electrons. The molecule has 1 saturated carbocycles. The van der Waals surface area contributed by atoms with E-state index in [9.17, 15) is 0 Å². The molecule has 1 aliphatic carbocycles. The van der Waals surface area contributed by atoms with Crippen LogP contribution >= 0.6 is 0 Å². The fourth-order valence-corrected chi connectivity index (χ4v) is 2.64. The summed E-state index contributed by atoms with van der Waals surface area (Å²) in [5.41, 5.74) is 7.60. The second-order valence-electron chi connectivity index (χ2n) is 4.96. The minimum absolute atomic E-state index is 0.107. The summed E-state index contributed by atoms with van der Waals surface area (Å²) in [6, 6.07) is 8.28. The first kappa shape index (κ1) is 11.5. The van der Waals surface area contributed by atoms with Gasteiger partial charge in [0.25, 0.3) is 0 Å². The van der Waals surface area contributed by atoms with Gasteiger partial charge in [0.1, 0.15) is 5.75 Å². The van der Waals surface area contributed by atoms with Crippen molar-refractivity contribution < 1.29 is 4.74 Å². The molecule has 0 aromatic heterocycles. The molecule has 16 heavy (non-hydrogen) atoms. The number of nitrogens with two attached hydrogens (primary N) is 1. The maximum atomic E-state index is 6.45. The van der Waals surface area contributed by atoms with Gasteiger partial charge in [0.2, 0.25) is 0 Å². The summed E-state index contributed by atoms with van der Waals surface area (Å²) in [4.78, 5) is 0. The fraction of sp³-hybridized carbons (Fsp3) is 0.571. The van der Waals surface area contributed by atoms with Gasteiger partial charge < -0.3 is 10.5 Å². The van der Waals surface area contributed by atoms with Gasteiger partial charge in [0, 0.05) is 5.54 Å². The Balaban J connectivity index is 2.15. The number of ether oxygens (including phenoxy) is 1. The van der Waals surface area contributed by atoms with Crippen molar-refractivity contribution in [3.8, 4) is 5.75 Å². The molecule has 0 radical (unpaired) electrons. The highest BCUT2D eigenvalue weighted by atomic mass is 16.5. The topological polar surface area (TPSA) is 35.2 Å². The van der Waals surface area contributed by atoms with E-state index in [1.807, 2.05) is 19.1 Å². The Hall–Kier alpha value is -1.02. The molecule has 2 unspecified atom stereocenters. The van der Waals surface area contributed by atoms with E-state index in [1.165, 1.54) is 12.0 Å². The van der Waals surface area contributed by atoms with E-state index in [4.69, 9.17) is 10.5 Å². The average Bonchev–Trinajstić information content (AvgIpc) is 2.61. The van der Waals surface area contributed by atoms with E-state index in [0.717, 1.165) is 24.5 Å². The Morgan fingerprint density at radius 2 is 2.06 bits per heavy atom. The molecule has 0 saturated heterocycles. The van der Waals surface area contributed by atoms with Crippen molar-refractivity contribution >= 4 is 0 Å². The molecule has 0 spiro atoms. The molecule has 0 amide bonds. The van der Waals surface area contributed by atoms with Crippen molar-refractivity contribution in [3.05, 3.63) is 29.8 Å². The van der Waals surface area contributed by atoms with E-state index in [2.05, 4.69) is 19.1 Å². The zero-order valence-electron chi connectivity index (χ0n) is 10.2. The molecule has 2 rings (SSSR count). The molecule has 2 heteroatoms. The second kappa shape index (κ2) is 4.46. The minimum Gasteiger partial charge on any atom is -0.494 e. The fourth-order valence-electron chi connectivity index (χ4n) is 2.64. The van der Waals surface area contributed by atoms with Gasteiger partial charge in [-0.2, -0.15) is 0 Å². The maximum absolute atomic E-state index is 6.45. The Bertz CT molecular complexity index is 346. The van der Waals surface area contributed by atoms with Gasteiger partial charge in [-0.25, -0.2) is 0 Å². The molecule has 0 aliphatic heterocycles. The van der Waals surface area contributed by atoms with Crippen LogP contribution in [-0.2, 0) is 5.54 Å². The molecule has 2 N–H and O–H groups in total. The van der Waals surface area contributed by atoms with Crippen LogP contribution < -0.4 is 10.5 Å². The predicted octanol–water partition coefficient (Wildman–Crippen LogP) is 3.06. The first-order valence-corrected chi connectivity index (χ1v) is 6.16. The monoisotopic (exact) mass is 219 g/mol. The molecule has 2 atom stereocenters. The van der Waals surface area contributed by atoms with Gasteiger partial charge in [-0.05, 0) is 49.8 Å². The zero-order chi connectivity index (χ0) is 11.6. The van der Waals surface area contributed by atoms with Crippen molar-refractivity contribution in [1.29, 1.82) is 0 Å².